The molecule has 2 N–H and O–H groups in total. The van der Waals surface area contributed by atoms with Gasteiger partial charge in [0.05, 0.1) is 19.3 Å². The second kappa shape index (κ2) is 18.5. The molecule has 0 aromatic heterocycles. The topological polar surface area (TPSA) is 141 Å². The quantitative estimate of drug-likeness (QED) is 0.0661. The van der Waals surface area contributed by atoms with E-state index in [4.69, 9.17) is 18.9 Å². The Hall–Kier alpha value is -5.84. The highest BCUT2D eigenvalue weighted by Crippen LogP contribution is 2.21. The molecule has 0 heterocycles. The molecule has 0 saturated carbocycles. The monoisotopic (exact) mass is 668 g/mol. The van der Waals surface area contributed by atoms with Crippen molar-refractivity contribution in [1.82, 2.24) is 4.90 Å². The lowest BCUT2D eigenvalue weighted by atomic mass is 10.1. The molecule has 2 amide bonds. The summed E-state index contributed by atoms with van der Waals surface area (Å²) in [5.74, 6) is -0.306. The molecule has 256 valence electrons. The van der Waals surface area contributed by atoms with Crippen molar-refractivity contribution in [2.45, 2.75) is 45.6 Å². The number of ether oxygens (including phenoxy) is 4. The van der Waals surface area contributed by atoms with E-state index in [-0.39, 0.29) is 12.1 Å². The first kappa shape index (κ1) is 36.0. The molecule has 4 aromatic rings. The maximum atomic E-state index is 13.3. The molecule has 0 atom stereocenters. The van der Waals surface area contributed by atoms with E-state index in [9.17, 15) is 24.3 Å². The van der Waals surface area contributed by atoms with Gasteiger partial charge in [-0.2, -0.15) is 0 Å². The minimum Gasteiger partial charge on any atom is -0.497 e. The molecule has 4 rings (SSSR count). The second-order valence-corrected chi connectivity index (χ2v) is 11.1. The lowest BCUT2D eigenvalue weighted by molar-refractivity contribution is -0.137. The zero-order chi connectivity index (χ0) is 35.0. The zero-order valence-electron chi connectivity index (χ0n) is 27.6. The van der Waals surface area contributed by atoms with Gasteiger partial charge in [-0.25, -0.2) is 9.59 Å². The van der Waals surface area contributed by atoms with Gasteiger partial charge in [-0.1, -0.05) is 44.7 Å². The molecule has 0 aliphatic heterocycles. The predicted octanol–water partition coefficient (Wildman–Crippen LogP) is 7.60. The van der Waals surface area contributed by atoms with Gasteiger partial charge in [0, 0.05) is 17.8 Å². The van der Waals surface area contributed by atoms with Gasteiger partial charge < -0.3 is 29.0 Å². The number of methoxy groups -OCH3 is 1. The minimum absolute atomic E-state index is 0.00634. The standard InChI is InChI=1S/C38H40N2O9/c1-3-4-5-6-7-24-47-32-18-12-29(13-19-32)37(44)48-33-16-8-27(9-17-33)25-40(26-35(41)42)36(43)28-10-14-30(15-11-28)39-38(45)49-34-22-20-31(46-2)21-23-34/h8-23H,3-7,24-26H2,1-2H3,(H,39,45)(H,41,42). The largest absolute Gasteiger partial charge is 0.497 e. The summed E-state index contributed by atoms with van der Waals surface area (Å²) in [4.78, 5) is 51.0. The first-order valence-electron chi connectivity index (χ1n) is 16.0. The fourth-order valence-electron chi connectivity index (χ4n) is 4.77. The molecule has 11 heteroatoms. The van der Waals surface area contributed by atoms with E-state index in [0.29, 0.717) is 46.4 Å². The van der Waals surface area contributed by atoms with Crippen LogP contribution in [0.4, 0.5) is 10.5 Å². The van der Waals surface area contributed by atoms with E-state index in [1.54, 1.807) is 72.8 Å². The number of nitrogens with one attached hydrogen (secondary N) is 1. The lowest BCUT2D eigenvalue weighted by Crippen LogP contribution is -2.35. The Kier molecular flexibility index (Phi) is 13.6. The van der Waals surface area contributed by atoms with E-state index >= 15 is 0 Å². The molecule has 0 bridgehead atoms. The Morgan fingerprint density at radius 1 is 0.673 bits per heavy atom. The van der Waals surface area contributed by atoms with Gasteiger partial charge in [0.15, 0.2) is 0 Å². The second-order valence-electron chi connectivity index (χ2n) is 11.1. The number of aliphatic carboxylic acids is 1. The number of carbonyl (C=O) groups is 4. The van der Waals surface area contributed by atoms with Gasteiger partial charge in [0.1, 0.15) is 29.5 Å². The van der Waals surface area contributed by atoms with Crippen molar-refractivity contribution in [2.24, 2.45) is 0 Å². The van der Waals surface area contributed by atoms with Crippen LogP contribution in [0.2, 0.25) is 0 Å². The van der Waals surface area contributed by atoms with Crippen LogP contribution in [0.25, 0.3) is 0 Å². The molecular formula is C38H40N2O9. The van der Waals surface area contributed by atoms with Crippen LogP contribution >= 0.6 is 0 Å². The molecule has 0 radical (unpaired) electrons. The summed E-state index contributed by atoms with van der Waals surface area (Å²) >= 11 is 0. The van der Waals surface area contributed by atoms with E-state index in [1.807, 2.05) is 0 Å². The summed E-state index contributed by atoms with van der Waals surface area (Å²) < 4.78 is 21.6. The average Bonchev–Trinajstić information content (AvgIpc) is 3.10. The number of carbonyl (C=O) groups excluding carboxylic acids is 3. The first-order valence-corrected chi connectivity index (χ1v) is 16.0. The number of nitrogens with zero attached hydrogens (tertiary/aromatic N) is 1. The third kappa shape index (κ3) is 11.7. The van der Waals surface area contributed by atoms with Crippen molar-refractivity contribution in [1.29, 1.82) is 0 Å². The predicted molar refractivity (Wildman–Crippen MR) is 184 cm³/mol. The van der Waals surface area contributed by atoms with Crippen molar-refractivity contribution < 1.29 is 43.2 Å². The van der Waals surface area contributed by atoms with Crippen LogP contribution in [0.1, 0.15) is 65.3 Å². The summed E-state index contributed by atoms with van der Waals surface area (Å²) in [6.07, 6.45) is 5.02. The number of amides is 2. The highest BCUT2D eigenvalue weighted by atomic mass is 16.6. The Morgan fingerprint density at radius 2 is 1.24 bits per heavy atom. The number of hydrogen-bond acceptors (Lipinski definition) is 8. The molecule has 49 heavy (non-hydrogen) atoms. The molecule has 0 saturated heterocycles. The number of benzene rings is 4. The molecule has 0 spiro atoms. The molecule has 4 aromatic carbocycles. The van der Waals surface area contributed by atoms with Crippen molar-refractivity contribution in [3.05, 3.63) is 114 Å². The molecule has 0 aliphatic rings. The Labute approximate surface area is 285 Å². The fourth-order valence-corrected chi connectivity index (χ4v) is 4.77. The van der Waals surface area contributed by atoms with Gasteiger partial charge >= 0.3 is 18.0 Å². The van der Waals surface area contributed by atoms with E-state index in [1.165, 1.54) is 55.5 Å². The minimum atomic E-state index is -1.18. The molecule has 11 nitrogen and oxygen atoms in total. The summed E-state index contributed by atoms with van der Waals surface area (Å²) in [6, 6.07) is 25.7. The van der Waals surface area contributed by atoms with E-state index in [0.717, 1.165) is 12.8 Å². The van der Waals surface area contributed by atoms with Crippen molar-refractivity contribution in [3.8, 4) is 23.0 Å². The van der Waals surface area contributed by atoms with Gasteiger partial charge in [0.25, 0.3) is 5.91 Å². The van der Waals surface area contributed by atoms with Crippen LogP contribution in [0, 0.1) is 0 Å². The van der Waals surface area contributed by atoms with Crippen molar-refractivity contribution in [3.63, 3.8) is 0 Å². The summed E-state index contributed by atoms with van der Waals surface area (Å²) in [5.41, 5.74) is 1.60. The lowest BCUT2D eigenvalue weighted by Gasteiger charge is -2.21. The summed E-state index contributed by atoms with van der Waals surface area (Å²) in [5, 5.41) is 12.1. The first-order chi connectivity index (χ1) is 23.7. The fraction of sp³-hybridized carbons (Fsp3) is 0.263. The smallest absolute Gasteiger partial charge is 0.417 e. The number of esters is 1. The van der Waals surface area contributed by atoms with Crippen LogP contribution in [0.3, 0.4) is 0 Å². The van der Waals surface area contributed by atoms with Gasteiger partial charge in [-0.05, 0) is 96.9 Å². The molecular weight excluding hydrogens is 628 g/mol. The van der Waals surface area contributed by atoms with Crippen LogP contribution < -0.4 is 24.3 Å². The Balaban J connectivity index is 1.29. The normalized spacial score (nSPS) is 10.5. The number of carboxylic acid groups (broad SMARTS) is 1. The van der Waals surface area contributed by atoms with Gasteiger partial charge in [-0.3, -0.25) is 14.9 Å². The molecule has 0 unspecified atom stereocenters. The highest BCUT2D eigenvalue weighted by Gasteiger charge is 2.20. The number of rotatable bonds is 17. The van der Waals surface area contributed by atoms with Crippen LogP contribution in [0.15, 0.2) is 97.1 Å². The van der Waals surface area contributed by atoms with Crippen molar-refractivity contribution in [2.75, 3.05) is 25.6 Å². The number of unbranched alkanes of at least 4 members (excludes halogenated alkanes) is 4. The Morgan fingerprint density at radius 3 is 1.88 bits per heavy atom. The SMILES string of the molecule is CCCCCCCOc1ccc(C(=O)Oc2ccc(CN(CC(=O)O)C(=O)c3ccc(NC(=O)Oc4ccc(OC)cc4)cc3)cc2)cc1. The summed E-state index contributed by atoms with van der Waals surface area (Å²) in [6.45, 7) is 2.26. The maximum Gasteiger partial charge on any atom is 0.417 e. The van der Waals surface area contributed by atoms with Gasteiger partial charge in [0.2, 0.25) is 0 Å². The molecule has 0 fully saturated rings. The zero-order valence-corrected chi connectivity index (χ0v) is 27.6. The Bertz CT molecular complexity index is 1670. The van der Waals surface area contributed by atoms with Gasteiger partial charge in [-0.15, -0.1) is 0 Å². The highest BCUT2D eigenvalue weighted by molar-refractivity contribution is 5.96. The number of anilines is 1. The number of carboxylic acids is 1. The van der Waals surface area contributed by atoms with Crippen LogP contribution in [-0.2, 0) is 11.3 Å². The third-order valence-electron chi connectivity index (χ3n) is 7.38. The van der Waals surface area contributed by atoms with E-state index < -0.39 is 30.5 Å². The third-order valence-corrected chi connectivity index (χ3v) is 7.38. The maximum absolute atomic E-state index is 13.3. The summed E-state index contributed by atoms with van der Waals surface area (Å²) in [7, 11) is 1.53. The van der Waals surface area contributed by atoms with Crippen LogP contribution in [0.5, 0.6) is 23.0 Å². The number of hydrogen-bond donors (Lipinski definition) is 2. The average molecular weight is 669 g/mol. The van der Waals surface area contributed by atoms with E-state index in [2.05, 4.69) is 12.2 Å². The van der Waals surface area contributed by atoms with Crippen molar-refractivity contribution >= 4 is 29.6 Å². The van der Waals surface area contributed by atoms with Crippen LogP contribution in [-0.4, -0.2) is 54.2 Å². The molecule has 0 aliphatic carbocycles.